The molecule has 2 N–H and O–H groups in total. The maximum Gasteiger partial charge on any atom is 0.196 e. The van der Waals surface area contributed by atoms with Gasteiger partial charge in [-0.05, 0) is 24.6 Å². The second-order valence-electron chi connectivity index (χ2n) is 4.91. The number of nitrogens with zero attached hydrogens (tertiary/aromatic N) is 2. The number of benzene rings is 1. The van der Waals surface area contributed by atoms with Crippen molar-refractivity contribution in [3.63, 3.8) is 0 Å². The van der Waals surface area contributed by atoms with Crippen LogP contribution >= 0.6 is 0 Å². The largest absolute Gasteiger partial charge is 0.384 e. The fourth-order valence-electron chi connectivity index (χ4n) is 2.42. The van der Waals surface area contributed by atoms with Crippen LogP contribution in [-0.2, 0) is 4.74 Å². The average molecular weight is 247 g/mol. The highest BCUT2D eigenvalue weighted by Crippen LogP contribution is 2.25. The molecule has 1 aliphatic rings. The summed E-state index contributed by atoms with van der Waals surface area (Å²) in [6, 6.07) is 8.63. The lowest BCUT2D eigenvalue weighted by Gasteiger charge is -2.30. The fourth-order valence-corrected chi connectivity index (χ4v) is 2.42. The second-order valence-corrected chi connectivity index (χ2v) is 4.91. The third kappa shape index (κ3) is 2.48. The van der Waals surface area contributed by atoms with Gasteiger partial charge in [-0.1, -0.05) is 19.1 Å². The van der Waals surface area contributed by atoms with Gasteiger partial charge < -0.3 is 15.4 Å². The van der Waals surface area contributed by atoms with Crippen LogP contribution in [0.25, 0.3) is 0 Å². The maximum atomic E-state index is 6.02. The number of hydrogen-bond donors (Lipinski definition) is 1. The van der Waals surface area contributed by atoms with Crippen molar-refractivity contribution in [2.75, 3.05) is 25.2 Å². The minimum Gasteiger partial charge on any atom is -0.384 e. The van der Waals surface area contributed by atoms with Gasteiger partial charge in [-0.25, -0.2) is 0 Å². The van der Waals surface area contributed by atoms with Gasteiger partial charge >= 0.3 is 0 Å². The summed E-state index contributed by atoms with van der Waals surface area (Å²) in [4.78, 5) is 6.49. The van der Waals surface area contributed by atoms with E-state index in [2.05, 4.69) is 41.9 Å². The summed E-state index contributed by atoms with van der Waals surface area (Å²) in [7, 11) is 1.73. The molecule has 0 fully saturated rings. The van der Waals surface area contributed by atoms with Crippen LogP contribution in [0.1, 0.15) is 12.5 Å². The van der Waals surface area contributed by atoms with Gasteiger partial charge in [0.25, 0.3) is 0 Å². The van der Waals surface area contributed by atoms with E-state index in [0.29, 0.717) is 11.9 Å². The summed E-state index contributed by atoms with van der Waals surface area (Å²) < 4.78 is 5.24. The van der Waals surface area contributed by atoms with Gasteiger partial charge in [-0.15, -0.1) is 0 Å². The lowest BCUT2D eigenvalue weighted by Crippen LogP contribution is -2.45. The lowest BCUT2D eigenvalue weighted by atomic mass is 10.0. The molecule has 0 amide bonds. The van der Waals surface area contributed by atoms with Crippen molar-refractivity contribution in [3.05, 3.63) is 29.8 Å². The van der Waals surface area contributed by atoms with Crippen LogP contribution in [0.3, 0.4) is 0 Å². The van der Waals surface area contributed by atoms with Crippen molar-refractivity contribution >= 4 is 11.6 Å². The Bertz CT molecular complexity index is 444. The summed E-state index contributed by atoms with van der Waals surface area (Å²) in [6.07, 6.45) is 0. The molecule has 0 saturated carbocycles. The highest BCUT2D eigenvalue weighted by Gasteiger charge is 2.31. The highest BCUT2D eigenvalue weighted by molar-refractivity contribution is 5.97. The summed E-state index contributed by atoms with van der Waals surface area (Å²) in [5.74, 6) is 0.994. The van der Waals surface area contributed by atoms with Gasteiger partial charge in [0.05, 0.1) is 19.2 Å². The quantitative estimate of drug-likeness (QED) is 0.882. The molecular weight excluding hydrogens is 226 g/mol. The number of methoxy groups -OCH3 is 1. The van der Waals surface area contributed by atoms with Gasteiger partial charge in [0, 0.05) is 18.7 Å². The van der Waals surface area contributed by atoms with Gasteiger partial charge in [0.15, 0.2) is 5.96 Å². The molecule has 0 radical (unpaired) electrons. The van der Waals surface area contributed by atoms with Crippen LogP contribution in [0.4, 0.5) is 5.69 Å². The molecule has 1 aromatic carbocycles. The third-order valence-corrected chi connectivity index (χ3v) is 3.39. The van der Waals surface area contributed by atoms with E-state index in [1.54, 1.807) is 7.11 Å². The van der Waals surface area contributed by atoms with Gasteiger partial charge in [0.1, 0.15) is 0 Å². The topological polar surface area (TPSA) is 50.9 Å². The second kappa shape index (κ2) is 5.40. The zero-order chi connectivity index (χ0) is 13.1. The van der Waals surface area contributed by atoms with Gasteiger partial charge in [0.2, 0.25) is 0 Å². The molecule has 4 nitrogen and oxygen atoms in total. The zero-order valence-corrected chi connectivity index (χ0v) is 11.3. The van der Waals surface area contributed by atoms with Crippen molar-refractivity contribution in [1.82, 2.24) is 0 Å². The zero-order valence-electron chi connectivity index (χ0n) is 11.3. The predicted octanol–water partition coefficient (Wildman–Crippen LogP) is 1.78. The number of anilines is 1. The molecular formula is C14H21N3O. The Hall–Kier alpha value is -1.55. The summed E-state index contributed by atoms with van der Waals surface area (Å²) in [6.45, 7) is 5.71. The summed E-state index contributed by atoms with van der Waals surface area (Å²) in [5.41, 5.74) is 8.36. The standard InChI is InChI=1S/C14H21N3O/c1-10-5-4-6-12(7-10)17-13(8-16-14(17)15)11(2)9-18-3/h4-7,11,13H,8-9H2,1-3H3,(H2,15,16). The SMILES string of the molecule is COCC(C)C1CN=C(N)N1c1cccc(C)c1. The van der Waals surface area contributed by atoms with Crippen LogP contribution in [0.15, 0.2) is 29.3 Å². The van der Waals surface area contributed by atoms with Crippen molar-refractivity contribution in [2.24, 2.45) is 16.6 Å². The van der Waals surface area contributed by atoms with E-state index in [1.807, 2.05) is 6.07 Å². The Labute approximate surface area is 108 Å². The Balaban J connectivity index is 2.25. The van der Waals surface area contributed by atoms with E-state index in [0.717, 1.165) is 18.8 Å². The van der Waals surface area contributed by atoms with E-state index < -0.39 is 0 Å². The number of rotatable bonds is 4. The lowest BCUT2D eigenvalue weighted by molar-refractivity contribution is 0.150. The van der Waals surface area contributed by atoms with E-state index in [-0.39, 0.29) is 6.04 Å². The molecule has 2 rings (SSSR count). The molecule has 0 aromatic heterocycles. The first-order valence-electron chi connectivity index (χ1n) is 6.28. The fraction of sp³-hybridized carbons (Fsp3) is 0.500. The monoisotopic (exact) mass is 247 g/mol. The number of ether oxygens (including phenoxy) is 1. The van der Waals surface area contributed by atoms with E-state index in [9.17, 15) is 0 Å². The van der Waals surface area contributed by atoms with Crippen molar-refractivity contribution in [2.45, 2.75) is 19.9 Å². The minimum absolute atomic E-state index is 0.284. The van der Waals surface area contributed by atoms with Crippen LogP contribution in [0.5, 0.6) is 0 Å². The molecule has 0 bridgehead atoms. The van der Waals surface area contributed by atoms with Crippen molar-refractivity contribution in [1.29, 1.82) is 0 Å². The van der Waals surface area contributed by atoms with Crippen LogP contribution < -0.4 is 10.6 Å². The number of aryl methyl sites for hydroxylation is 1. The molecule has 18 heavy (non-hydrogen) atoms. The summed E-state index contributed by atoms with van der Waals surface area (Å²) in [5, 5.41) is 0. The van der Waals surface area contributed by atoms with Crippen LogP contribution in [0.2, 0.25) is 0 Å². The molecule has 1 heterocycles. The number of nitrogens with two attached hydrogens (primary N) is 1. The van der Waals surface area contributed by atoms with E-state index >= 15 is 0 Å². The maximum absolute atomic E-state index is 6.02. The molecule has 98 valence electrons. The number of guanidine groups is 1. The minimum atomic E-state index is 0.284. The molecule has 0 saturated heterocycles. The Morgan fingerprint density at radius 3 is 3.00 bits per heavy atom. The smallest absolute Gasteiger partial charge is 0.196 e. The number of hydrogen-bond acceptors (Lipinski definition) is 4. The third-order valence-electron chi connectivity index (χ3n) is 3.39. The molecule has 1 aliphatic heterocycles. The first-order valence-corrected chi connectivity index (χ1v) is 6.28. The van der Waals surface area contributed by atoms with E-state index in [1.165, 1.54) is 5.56 Å². The molecule has 2 atom stereocenters. The van der Waals surface area contributed by atoms with Gasteiger partial charge in [-0.2, -0.15) is 0 Å². The molecule has 0 aliphatic carbocycles. The first-order chi connectivity index (χ1) is 8.63. The van der Waals surface area contributed by atoms with Gasteiger partial charge in [-0.3, -0.25) is 4.99 Å². The number of aliphatic imine (C=N–C) groups is 1. The molecule has 1 aromatic rings. The molecule has 4 heteroatoms. The van der Waals surface area contributed by atoms with Crippen LogP contribution in [-0.4, -0.2) is 32.3 Å². The summed E-state index contributed by atoms with van der Waals surface area (Å²) >= 11 is 0. The molecule has 2 unspecified atom stereocenters. The Morgan fingerprint density at radius 2 is 2.33 bits per heavy atom. The van der Waals surface area contributed by atoms with Crippen molar-refractivity contribution < 1.29 is 4.74 Å². The predicted molar refractivity (Wildman–Crippen MR) is 75.0 cm³/mol. The normalized spacial score (nSPS) is 20.9. The van der Waals surface area contributed by atoms with E-state index in [4.69, 9.17) is 10.5 Å². The molecule has 0 spiro atoms. The Kier molecular flexibility index (Phi) is 3.87. The van der Waals surface area contributed by atoms with Crippen LogP contribution in [0, 0.1) is 12.8 Å². The average Bonchev–Trinajstić information content (AvgIpc) is 2.71. The first kappa shape index (κ1) is 12.9. The highest BCUT2D eigenvalue weighted by atomic mass is 16.5. The Morgan fingerprint density at radius 1 is 1.56 bits per heavy atom. The van der Waals surface area contributed by atoms with Crippen molar-refractivity contribution in [3.8, 4) is 0 Å².